The Balaban J connectivity index is 2.05. The van der Waals surface area contributed by atoms with Crippen LogP contribution in [0.25, 0.3) is 0 Å². The predicted octanol–water partition coefficient (Wildman–Crippen LogP) is 4.46. The Morgan fingerprint density at radius 3 is 2.38 bits per heavy atom. The lowest BCUT2D eigenvalue weighted by atomic mass is 10.0. The zero-order chi connectivity index (χ0) is 15.1. The van der Waals surface area contributed by atoms with Gasteiger partial charge in [-0.3, -0.25) is 4.79 Å². The maximum absolute atomic E-state index is 12.3. The first-order valence-corrected chi connectivity index (χ1v) is 7.56. The number of carbonyl (C=O) groups is 1. The Bertz CT molecular complexity index is 585. The van der Waals surface area contributed by atoms with E-state index in [1.165, 1.54) is 5.56 Å². The van der Waals surface area contributed by atoms with Crippen LogP contribution in [0.15, 0.2) is 48.5 Å². The molecule has 0 atom stereocenters. The average Bonchev–Trinajstić information content (AvgIpc) is 2.54. The number of ketones is 1. The highest BCUT2D eigenvalue weighted by Crippen LogP contribution is 2.16. The fourth-order valence-electron chi connectivity index (χ4n) is 2.16. The quantitative estimate of drug-likeness (QED) is 0.701. The van der Waals surface area contributed by atoms with E-state index in [4.69, 9.17) is 4.74 Å². The summed E-state index contributed by atoms with van der Waals surface area (Å²) in [5.41, 5.74) is 3.06. The van der Waals surface area contributed by atoms with Gasteiger partial charge in [-0.1, -0.05) is 50.2 Å². The molecule has 0 amide bonds. The van der Waals surface area contributed by atoms with Gasteiger partial charge >= 0.3 is 0 Å². The van der Waals surface area contributed by atoms with Crippen LogP contribution >= 0.6 is 0 Å². The second-order valence-corrected chi connectivity index (χ2v) is 5.15. The third-order valence-electron chi connectivity index (χ3n) is 3.42. The van der Waals surface area contributed by atoms with Crippen LogP contribution in [0.4, 0.5) is 0 Å². The van der Waals surface area contributed by atoms with E-state index in [-0.39, 0.29) is 5.78 Å². The summed E-state index contributed by atoms with van der Waals surface area (Å²) in [6, 6.07) is 15.7. The first-order valence-electron chi connectivity index (χ1n) is 7.56. The van der Waals surface area contributed by atoms with Crippen LogP contribution in [-0.4, -0.2) is 12.4 Å². The van der Waals surface area contributed by atoms with E-state index in [1.54, 1.807) is 0 Å². The van der Waals surface area contributed by atoms with Crippen molar-refractivity contribution in [3.63, 3.8) is 0 Å². The Morgan fingerprint density at radius 1 is 1.00 bits per heavy atom. The second kappa shape index (κ2) is 7.63. The highest BCUT2D eigenvalue weighted by molar-refractivity contribution is 5.97. The number of rotatable bonds is 7. The van der Waals surface area contributed by atoms with Crippen molar-refractivity contribution in [1.29, 1.82) is 0 Å². The summed E-state index contributed by atoms with van der Waals surface area (Å²) in [5, 5.41) is 0. The molecule has 2 heteroatoms. The van der Waals surface area contributed by atoms with Gasteiger partial charge in [-0.15, -0.1) is 0 Å². The molecule has 2 nitrogen and oxygen atoms in total. The van der Waals surface area contributed by atoms with Crippen LogP contribution in [0.3, 0.4) is 0 Å². The van der Waals surface area contributed by atoms with Crippen molar-refractivity contribution < 1.29 is 9.53 Å². The molecule has 0 saturated carbocycles. The van der Waals surface area contributed by atoms with E-state index in [9.17, 15) is 4.79 Å². The van der Waals surface area contributed by atoms with Gasteiger partial charge in [0.05, 0.1) is 6.61 Å². The summed E-state index contributed by atoms with van der Waals surface area (Å²) in [7, 11) is 0. The number of ether oxygens (including phenoxy) is 1. The number of benzene rings is 2. The standard InChI is InChI=1S/C19H22O2/c1-3-12-21-18-7-5-6-17(14-18)19(20)13-16-10-8-15(4-2)9-11-16/h5-11,14H,3-4,12-13H2,1-2H3. The van der Waals surface area contributed by atoms with Crippen molar-refractivity contribution in [2.75, 3.05) is 6.61 Å². The topological polar surface area (TPSA) is 26.3 Å². The zero-order valence-electron chi connectivity index (χ0n) is 12.8. The van der Waals surface area contributed by atoms with Gasteiger partial charge in [0.1, 0.15) is 5.75 Å². The highest BCUT2D eigenvalue weighted by Gasteiger charge is 2.08. The fourth-order valence-corrected chi connectivity index (χ4v) is 2.16. The average molecular weight is 282 g/mol. The summed E-state index contributed by atoms with van der Waals surface area (Å²) >= 11 is 0. The van der Waals surface area contributed by atoms with Crippen LogP contribution in [-0.2, 0) is 12.8 Å². The van der Waals surface area contributed by atoms with E-state index >= 15 is 0 Å². The highest BCUT2D eigenvalue weighted by atomic mass is 16.5. The Morgan fingerprint density at radius 2 is 1.71 bits per heavy atom. The number of hydrogen-bond acceptors (Lipinski definition) is 2. The molecule has 0 saturated heterocycles. The summed E-state index contributed by atoms with van der Waals surface area (Å²) in [5.74, 6) is 0.894. The Kier molecular flexibility index (Phi) is 5.56. The molecule has 0 radical (unpaired) electrons. The molecule has 21 heavy (non-hydrogen) atoms. The van der Waals surface area contributed by atoms with Crippen molar-refractivity contribution in [3.05, 3.63) is 65.2 Å². The van der Waals surface area contributed by atoms with Crippen molar-refractivity contribution in [3.8, 4) is 5.75 Å². The minimum atomic E-state index is 0.126. The first kappa shape index (κ1) is 15.3. The summed E-state index contributed by atoms with van der Waals surface area (Å²) in [6.45, 7) is 4.87. The summed E-state index contributed by atoms with van der Waals surface area (Å²) in [4.78, 5) is 12.3. The largest absolute Gasteiger partial charge is 0.494 e. The Hall–Kier alpha value is -2.09. The van der Waals surface area contributed by atoms with Gasteiger partial charge in [-0.2, -0.15) is 0 Å². The van der Waals surface area contributed by atoms with Crippen molar-refractivity contribution in [2.45, 2.75) is 33.1 Å². The fraction of sp³-hybridized carbons (Fsp3) is 0.316. The lowest BCUT2D eigenvalue weighted by Gasteiger charge is -2.07. The maximum Gasteiger partial charge on any atom is 0.167 e. The van der Waals surface area contributed by atoms with Gasteiger partial charge in [0.15, 0.2) is 5.78 Å². The van der Waals surface area contributed by atoms with Crippen LogP contribution in [0.1, 0.15) is 41.8 Å². The predicted molar refractivity (Wildman–Crippen MR) is 86.1 cm³/mol. The van der Waals surface area contributed by atoms with E-state index in [2.05, 4.69) is 26.0 Å². The van der Waals surface area contributed by atoms with Crippen LogP contribution < -0.4 is 4.74 Å². The minimum Gasteiger partial charge on any atom is -0.494 e. The molecule has 0 fully saturated rings. The molecule has 0 spiro atoms. The monoisotopic (exact) mass is 282 g/mol. The van der Waals surface area contributed by atoms with Gasteiger partial charge in [0.25, 0.3) is 0 Å². The minimum absolute atomic E-state index is 0.126. The van der Waals surface area contributed by atoms with Gasteiger partial charge in [0.2, 0.25) is 0 Å². The molecule has 2 rings (SSSR count). The van der Waals surface area contributed by atoms with Gasteiger partial charge in [0, 0.05) is 12.0 Å². The number of aryl methyl sites for hydroxylation is 1. The van der Waals surface area contributed by atoms with Crippen molar-refractivity contribution in [2.24, 2.45) is 0 Å². The lowest BCUT2D eigenvalue weighted by Crippen LogP contribution is -2.04. The van der Waals surface area contributed by atoms with Crippen molar-refractivity contribution >= 4 is 5.78 Å². The van der Waals surface area contributed by atoms with Gasteiger partial charge < -0.3 is 4.74 Å². The SMILES string of the molecule is CCCOc1cccc(C(=O)Cc2ccc(CC)cc2)c1. The van der Waals surface area contributed by atoms with E-state index < -0.39 is 0 Å². The molecule has 110 valence electrons. The molecule has 2 aromatic rings. The van der Waals surface area contributed by atoms with Crippen LogP contribution in [0, 0.1) is 0 Å². The molecule has 0 N–H and O–H groups in total. The molecule has 0 aliphatic heterocycles. The molecule has 0 aliphatic carbocycles. The molecule has 0 bridgehead atoms. The van der Waals surface area contributed by atoms with E-state index in [1.807, 2.05) is 36.4 Å². The number of Topliss-reactive ketones (excluding diaryl/α,β-unsaturated/α-hetero) is 1. The van der Waals surface area contributed by atoms with Crippen LogP contribution in [0.2, 0.25) is 0 Å². The summed E-state index contributed by atoms with van der Waals surface area (Å²) < 4.78 is 5.57. The molecule has 0 unspecified atom stereocenters. The van der Waals surface area contributed by atoms with Crippen LogP contribution in [0.5, 0.6) is 5.75 Å². The number of hydrogen-bond donors (Lipinski definition) is 0. The number of carbonyl (C=O) groups excluding carboxylic acids is 1. The van der Waals surface area contributed by atoms with Crippen molar-refractivity contribution in [1.82, 2.24) is 0 Å². The molecular formula is C19H22O2. The van der Waals surface area contributed by atoms with Gasteiger partial charge in [-0.05, 0) is 36.1 Å². The first-order chi connectivity index (χ1) is 10.2. The molecular weight excluding hydrogens is 260 g/mol. The smallest absolute Gasteiger partial charge is 0.167 e. The Labute approximate surface area is 126 Å². The second-order valence-electron chi connectivity index (χ2n) is 5.15. The maximum atomic E-state index is 12.3. The van der Waals surface area contributed by atoms with E-state index in [0.717, 1.165) is 24.2 Å². The molecule has 0 heterocycles. The summed E-state index contributed by atoms with van der Waals surface area (Å²) in [6.07, 6.45) is 2.41. The van der Waals surface area contributed by atoms with E-state index in [0.29, 0.717) is 18.6 Å². The third-order valence-corrected chi connectivity index (χ3v) is 3.42. The lowest BCUT2D eigenvalue weighted by molar-refractivity contribution is 0.0992. The normalized spacial score (nSPS) is 10.4. The molecule has 0 aliphatic rings. The molecule has 0 aromatic heterocycles. The van der Waals surface area contributed by atoms with Gasteiger partial charge in [-0.25, -0.2) is 0 Å². The zero-order valence-corrected chi connectivity index (χ0v) is 12.8. The third kappa shape index (κ3) is 4.45. The molecule has 2 aromatic carbocycles.